The Labute approximate surface area is 140 Å². The predicted molar refractivity (Wildman–Crippen MR) is 93.1 cm³/mol. The van der Waals surface area contributed by atoms with Gasteiger partial charge in [-0.1, -0.05) is 48.5 Å². The Morgan fingerprint density at radius 1 is 1.04 bits per heavy atom. The average molecular weight is 350 g/mol. The molecule has 2 rings (SSSR count). The van der Waals surface area contributed by atoms with Crippen LogP contribution in [0.4, 0.5) is 0 Å². The zero-order chi connectivity index (χ0) is 16.7. The number of thioether (sulfide) groups is 1. The first kappa shape index (κ1) is 17.8. The molecule has 6 heteroatoms. The van der Waals surface area contributed by atoms with Gasteiger partial charge in [0, 0.05) is 11.1 Å². The van der Waals surface area contributed by atoms with Crippen molar-refractivity contribution in [2.45, 2.75) is 11.3 Å². The summed E-state index contributed by atoms with van der Waals surface area (Å²) >= 11 is 1.28. The maximum Gasteiger partial charge on any atom is 0.307 e. The number of rotatable bonds is 8. The highest BCUT2D eigenvalue weighted by atomic mass is 32.2. The summed E-state index contributed by atoms with van der Waals surface area (Å²) in [5.74, 6) is -1.89. The van der Waals surface area contributed by atoms with E-state index in [-0.39, 0.29) is 18.1 Å². The monoisotopic (exact) mass is 350 g/mol. The van der Waals surface area contributed by atoms with Gasteiger partial charge in [0.25, 0.3) is 0 Å². The van der Waals surface area contributed by atoms with Crippen molar-refractivity contribution in [1.29, 1.82) is 0 Å². The van der Waals surface area contributed by atoms with Crippen LogP contribution in [0.15, 0.2) is 65.6 Å². The summed E-state index contributed by atoms with van der Waals surface area (Å²) in [4.78, 5) is 22.5. The third-order valence-electron chi connectivity index (χ3n) is 3.36. The van der Waals surface area contributed by atoms with Gasteiger partial charge < -0.3 is 10.00 Å². The number of carboxylic acid groups (broad SMARTS) is 1. The van der Waals surface area contributed by atoms with Crippen molar-refractivity contribution in [1.82, 2.24) is 0 Å². The van der Waals surface area contributed by atoms with E-state index in [1.54, 1.807) is 0 Å². The Morgan fingerprint density at radius 3 is 2.17 bits per heavy atom. The van der Waals surface area contributed by atoms with Crippen LogP contribution in [0, 0.1) is 5.92 Å². The molecule has 0 aromatic heterocycles. The van der Waals surface area contributed by atoms with Gasteiger partial charge in [0.15, 0.2) is 0 Å². The van der Waals surface area contributed by atoms with Gasteiger partial charge in [0.05, 0.1) is 11.4 Å². The molecule has 0 bridgehead atoms. The molecule has 0 heterocycles. The first-order valence-electron chi connectivity index (χ1n) is 7.22. The van der Waals surface area contributed by atoms with Crippen molar-refractivity contribution < 1.29 is 19.4 Å². The van der Waals surface area contributed by atoms with E-state index in [4.69, 9.17) is 0 Å². The Morgan fingerprint density at radius 2 is 1.61 bits per heavy atom. The zero-order valence-corrected chi connectivity index (χ0v) is 14.2. The van der Waals surface area contributed by atoms with Crippen LogP contribution in [0.3, 0.4) is 0 Å². The van der Waals surface area contributed by atoms with E-state index in [0.717, 1.165) is 10.5 Å². The summed E-state index contributed by atoms with van der Waals surface area (Å²) in [5.41, 5.74) is 0.880. The van der Waals surface area contributed by atoms with E-state index in [9.17, 15) is 19.4 Å². The fourth-order valence-electron chi connectivity index (χ4n) is 2.22. The number of hydrogen-bond acceptors (Lipinski definition) is 3. The van der Waals surface area contributed by atoms with E-state index in [1.807, 2.05) is 60.7 Å². The molecule has 0 amide bonds. The molecular formula is C17H19O4PS. The first-order chi connectivity index (χ1) is 11.0. The molecule has 0 aliphatic carbocycles. The molecule has 23 heavy (non-hydrogen) atoms. The summed E-state index contributed by atoms with van der Waals surface area (Å²) < 4.78 is 12.4. The van der Waals surface area contributed by atoms with E-state index >= 15 is 0 Å². The summed E-state index contributed by atoms with van der Waals surface area (Å²) in [5, 5.41) is 9.34. The van der Waals surface area contributed by atoms with Crippen LogP contribution in [0.25, 0.3) is 0 Å². The molecule has 4 nitrogen and oxygen atoms in total. The zero-order valence-electron chi connectivity index (χ0n) is 12.5. The van der Waals surface area contributed by atoms with Crippen LogP contribution in [-0.2, 0) is 15.8 Å². The topological polar surface area (TPSA) is 74.6 Å². The number of carboxylic acids is 1. The van der Waals surface area contributed by atoms with Gasteiger partial charge in [-0.05, 0) is 24.1 Å². The van der Waals surface area contributed by atoms with Crippen LogP contribution in [-0.4, -0.2) is 27.6 Å². The molecule has 2 atom stereocenters. The Kier molecular flexibility index (Phi) is 6.46. The molecule has 0 fully saturated rings. The summed E-state index contributed by atoms with van der Waals surface area (Å²) in [6.07, 6.45) is 0.0494. The number of carbonyl (C=O) groups is 1. The summed E-state index contributed by atoms with van der Waals surface area (Å²) in [7, 11) is -3.52. The minimum atomic E-state index is -3.52. The standard InChI is InChI=1S/C17H19O4PS/c18-17(19)15(11-14-7-3-1-4-8-14)12-22(20,21)13-23-16-9-5-2-6-10-16/h1-10,15H,11-13H2,(H,18,19)(H,20,21). The smallest absolute Gasteiger partial charge is 0.307 e. The van der Waals surface area contributed by atoms with Crippen LogP contribution >= 0.6 is 19.1 Å². The van der Waals surface area contributed by atoms with Gasteiger partial charge in [0.2, 0.25) is 7.37 Å². The lowest BCUT2D eigenvalue weighted by atomic mass is 10.0. The van der Waals surface area contributed by atoms with E-state index in [1.165, 1.54) is 11.8 Å². The second kappa shape index (κ2) is 8.34. The summed E-state index contributed by atoms with van der Waals surface area (Å²) in [6.45, 7) is 0. The Balaban J connectivity index is 1.97. The molecule has 2 N–H and O–H groups in total. The van der Waals surface area contributed by atoms with Gasteiger partial charge in [0.1, 0.15) is 0 Å². The minimum Gasteiger partial charge on any atom is -0.481 e. The van der Waals surface area contributed by atoms with Crippen molar-refractivity contribution >= 4 is 25.1 Å². The molecule has 2 unspecified atom stereocenters. The normalized spacial score (nSPS) is 14.8. The van der Waals surface area contributed by atoms with Crippen molar-refractivity contribution in [2.24, 2.45) is 5.92 Å². The fourth-order valence-corrected chi connectivity index (χ4v) is 5.37. The third kappa shape index (κ3) is 6.22. The molecule has 0 spiro atoms. The van der Waals surface area contributed by atoms with Crippen molar-refractivity contribution in [3.05, 3.63) is 66.2 Å². The quantitative estimate of drug-likeness (QED) is 0.557. The molecule has 0 saturated heterocycles. The van der Waals surface area contributed by atoms with Crippen LogP contribution in [0.2, 0.25) is 0 Å². The van der Waals surface area contributed by atoms with Crippen molar-refractivity contribution in [3.8, 4) is 0 Å². The lowest BCUT2D eigenvalue weighted by Gasteiger charge is -2.17. The number of aliphatic carboxylic acids is 1. The molecular weight excluding hydrogens is 331 g/mol. The van der Waals surface area contributed by atoms with Crippen LogP contribution < -0.4 is 0 Å². The van der Waals surface area contributed by atoms with Crippen molar-refractivity contribution in [2.75, 3.05) is 11.7 Å². The van der Waals surface area contributed by atoms with Gasteiger partial charge in [-0.15, -0.1) is 11.8 Å². The number of hydrogen-bond donors (Lipinski definition) is 2. The largest absolute Gasteiger partial charge is 0.481 e. The van der Waals surface area contributed by atoms with Crippen molar-refractivity contribution in [3.63, 3.8) is 0 Å². The van der Waals surface area contributed by atoms with Gasteiger partial charge >= 0.3 is 5.97 Å². The molecule has 2 aromatic carbocycles. The highest BCUT2D eigenvalue weighted by molar-refractivity contribution is 8.05. The van der Waals surface area contributed by atoms with E-state index in [2.05, 4.69) is 0 Å². The lowest BCUT2D eigenvalue weighted by Crippen LogP contribution is -2.21. The second-order valence-corrected chi connectivity index (χ2v) is 9.19. The minimum absolute atomic E-state index is 0.0234. The highest BCUT2D eigenvalue weighted by Crippen LogP contribution is 2.47. The second-order valence-electron chi connectivity index (χ2n) is 5.34. The van der Waals surface area contributed by atoms with E-state index in [0.29, 0.717) is 0 Å². The van der Waals surface area contributed by atoms with Crippen LogP contribution in [0.1, 0.15) is 5.56 Å². The van der Waals surface area contributed by atoms with Gasteiger partial charge in [-0.2, -0.15) is 0 Å². The Bertz CT molecular complexity index is 676. The molecule has 0 aliphatic heterocycles. The fraction of sp³-hybridized carbons (Fsp3) is 0.235. The molecule has 0 saturated carbocycles. The number of benzene rings is 2. The van der Waals surface area contributed by atoms with E-state index < -0.39 is 19.3 Å². The third-order valence-corrected chi connectivity index (χ3v) is 7.10. The Hall–Kier alpha value is -1.55. The molecule has 0 radical (unpaired) electrons. The van der Waals surface area contributed by atoms with Gasteiger partial charge in [-0.25, -0.2) is 0 Å². The highest BCUT2D eigenvalue weighted by Gasteiger charge is 2.29. The van der Waals surface area contributed by atoms with Crippen LogP contribution in [0.5, 0.6) is 0 Å². The SMILES string of the molecule is O=C(O)C(Cc1ccccc1)CP(=O)(O)CSc1ccccc1. The lowest BCUT2D eigenvalue weighted by molar-refractivity contribution is -0.141. The maximum atomic E-state index is 12.4. The molecule has 122 valence electrons. The average Bonchev–Trinajstić information content (AvgIpc) is 2.54. The predicted octanol–water partition coefficient (Wildman–Crippen LogP) is 3.95. The molecule has 0 aliphatic rings. The summed E-state index contributed by atoms with van der Waals surface area (Å²) in [6, 6.07) is 18.5. The van der Waals surface area contributed by atoms with Gasteiger partial charge in [-0.3, -0.25) is 9.36 Å². The molecule has 2 aromatic rings. The maximum absolute atomic E-state index is 12.4. The first-order valence-corrected chi connectivity index (χ1v) is 10.2.